The molecule has 2 N–H and O–H groups in total. The molecule has 9 heteroatoms. The number of amides is 1. The van der Waals surface area contributed by atoms with Gasteiger partial charge in [-0.1, -0.05) is 35.0 Å². The number of hydrogen-bond donors (Lipinski definition) is 2. The Bertz CT molecular complexity index is 1190. The van der Waals surface area contributed by atoms with Gasteiger partial charge in [-0.15, -0.1) is 0 Å². The number of nitrogens with one attached hydrogen (secondary N) is 1. The molecule has 1 aliphatic rings. The van der Waals surface area contributed by atoms with Crippen LogP contribution in [0.15, 0.2) is 53.1 Å². The maximum Gasteiger partial charge on any atom is 0.412 e. The first-order chi connectivity index (χ1) is 16.8. The topological polar surface area (TPSA) is 111 Å². The third-order valence-electron chi connectivity index (χ3n) is 6.11. The lowest BCUT2D eigenvalue weighted by molar-refractivity contribution is -0.143. The molecule has 1 fully saturated rings. The summed E-state index contributed by atoms with van der Waals surface area (Å²) in [5, 5.41) is 16.5. The second-order valence-corrected chi connectivity index (χ2v) is 9.04. The first-order valence-corrected chi connectivity index (χ1v) is 11.9. The summed E-state index contributed by atoms with van der Waals surface area (Å²) < 4.78 is 17.0. The second-order valence-electron chi connectivity index (χ2n) is 8.63. The molecule has 1 aromatic heterocycles. The minimum Gasteiger partial charge on any atom is -0.490 e. The van der Waals surface area contributed by atoms with Crippen molar-refractivity contribution in [2.45, 2.75) is 51.7 Å². The van der Waals surface area contributed by atoms with Gasteiger partial charge in [-0.05, 0) is 69.9 Å². The zero-order valence-electron chi connectivity index (χ0n) is 19.5. The Kier molecular flexibility index (Phi) is 7.60. The molecule has 1 amide bonds. The highest BCUT2D eigenvalue weighted by atomic mass is 35.5. The van der Waals surface area contributed by atoms with Crippen LogP contribution < -0.4 is 10.1 Å². The molecule has 0 radical (unpaired) electrons. The highest BCUT2D eigenvalue weighted by molar-refractivity contribution is 6.31. The third kappa shape index (κ3) is 5.95. The van der Waals surface area contributed by atoms with Gasteiger partial charge >= 0.3 is 12.1 Å². The van der Waals surface area contributed by atoms with Crippen LogP contribution in [0.25, 0.3) is 11.3 Å². The van der Waals surface area contributed by atoms with E-state index in [-0.39, 0.29) is 12.0 Å². The number of halogens is 1. The van der Waals surface area contributed by atoms with Crippen molar-refractivity contribution in [2.24, 2.45) is 5.92 Å². The van der Waals surface area contributed by atoms with Crippen molar-refractivity contribution < 1.29 is 28.7 Å². The van der Waals surface area contributed by atoms with E-state index in [9.17, 15) is 14.7 Å². The van der Waals surface area contributed by atoms with Gasteiger partial charge in [0.15, 0.2) is 5.76 Å². The Hall–Kier alpha value is -3.52. The van der Waals surface area contributed by atoms with E-state index in [4.69, 9.17) is 25.6 Å². The van der Waals surface area contributed by atoms with Gasteiger partial charge in [0.05, 0.1) is 12.0 Å². The Morgan fingerprint density at radius 3 is 2.63 bits per heavy atom. The summed E-state index contributed by atoms with van der Waals surface area (Å²) in [7, 11) is 0. The highest BCUT2D eigenvalue weighted by Crippen LogP contribution is 2.34. The van der Waals surface area contributed by atoms with E-state index in [0.29, 0.717) is 51.9 Å². The SMILES string of the molecule is Cc1noc(-c2ccc(O[C@H]3CCC[C@H](C(=O)O)C3)cc2)c1NC(=O)O[C@H](C)c1ccccc1Cl. The Balaban J connectivity index is 1.42. The van der Waals surface area contributed by atoms with Gasteiger partial charge in [0, 0.05) is 16.1 Å². The lowest BCUT2D eigenvalue weighted by atomic mass is 9.87. The maximum atomic E-state index is 12.6. The molecule has 184 valence electrons. The van der Waals surface area contributed by atoms with Gasteiger partial charge < -0.3 is 19.1 Å². The number of aromatic nitrogens is 1. The fraction of sp³-hybridized carbons (Fsp3) is 0.346. The first kappa shape index (κ1) is 24.6. The van der Waals surface area contributed by atoms with Crippen LogP contribution >= 0.6 is 11.6 Å². The van der Waals surface area contributed by atoms with Crippen LogP contribution in [-0.2, 0) is 9.53 Å². The van der Waals surface area contributed by atoms with Crippen molar-refractivity contribution >= 4 is 29.4 Å². The summed E-state index contributed by atoms with van der Waals surface area (Å²) in [6.45, 7) is 3.46. The molecule has 8 nitrogen and oxygen atoms in total. The molecule has 3 atom stereocenters. The van der Waals surface area contributed by atoms with Crippen LogP contribution in [0.3, 0.4) is 0 Å². The van der Waals surface area contributed by atoms with E-state index in [1.807, 2.05) is 12.1 Å². The molecule has 2 aromatic carbocycles. The zero-order chi connectivity index (χ0) is 24.9. The number of aliphatic carboxylic acids is 1. The second kappa shape index (κ2) is 10.8. The standard InChI is InChI=1S/C26H27ClN2O6/c1-15-23(28-26(32)33-16(2)21-8-3-4-9-22(21)27)24(35-29-15)17-10-12-19(13-11-17)34-20-7-5-6-18(14-20)25(30)31/h3-4,8-13,16,18,20H,5-7,14H2,1-2H3,(H,28,32)(H,30,31)/t16-,18+,20+/m1/s1. The molecule has 0 unspecified atom stereocenters. The average Bonchev–Trinajstić information content (AvgIpc) is 3.19. The van der Waals surface area contributed by atoms with Crippen molar-refractivity contribution in [3.05, 3.63) is 64.8 Å². The predicted molar refractivity (Wildman–Crippen MR) is 131 cm³/mol. The number of carbonyl (C=O) groups excluding carboxylic acids is 1. The fourth-order valence-corrected chi connectivity index (χ4v) is 4.52. The molecule has 35 heavy (non-hydrogen) atoms. The van der Waals surface area contributed by atoms with Crippen molar-refractivity contribution in [2.75, 3.05) is 5.32 Å². The first-order valence-electron chi connectivity index (χ1n) is 11.5. The number of carbonyl (C=O) groups is 2. The molecular weight excluding hydrogens is 472 g/mol. The van der Waals surface area contributed by atoms with E-state index >= 15 is 0 Å². The van der Waals surface area contributed by atoms with Gasteiger partial charge in [-0.25, -0.2) is 4.79 Å². The number of nitrogens with zero attached hydrogens (tertiary/aromatic N) is 1. The van der Waals surface area contributed by atoms with E-state index in [2.05, 4.69) is 10.5 Å². The van der Waals surface area contributed by atoms with Crippen LogP contribution in [0.1, 0.15) is 50.0 Å². The van der Waals surface area contributed by atoms with Gasteiger partial charge in [0.1, 0.15) is 23.2 Å². The van der Waals surface area contributed by atoms with Gasteiger partial charge in [-0.2, -0.15) is 0 Å². The summed E-state index contributed by atoms with van der Waals surface area (Å²) in [6, 6.07) is 14.4. The van der Waals surface area contributed by atoms with Gasteiger partial charge in [0.25, 0.3) is 0 Å². The minimum absolute atomic E-state index is 0.129. The van der Waals surface area contributed by atoms with Crippen LogP contribution in [0.2, 0.25) is 5.02 Å². The Morgan fingerprint density at radius 1 is 1.17 bits per heavy atom. The molecule has 3 aromatic rings. The van der Waals surface area contributed by atoms with Crippen LogP contribution in [0.5, 0.6) is 5.75 Å². The smallest absolute Gasteiger partial charge is 0.412 e. The zero-order valence-corrected chi connectivity index (χ0v) is 20.2. The number of carboxylic acids is 1. The Morgan fingerprint density at radius 2 is 1.91 bits per heavy atom. The van der Waals surface area contributed by atoms with E-state index in [1.165, 1.54) is 0 Å². The van der Waals surface area contributed by atoms with Gasteiger partial charge in [0.2, 0.25) is 0 Å². The molecule has 0 spiro atoms. The predicted octanol–water partition coefficient (Wildman–Crippen LogP) is 6.64. The molecule has 1 aliphatic carbocycles. The van der Waals surface area contributed by atoms with Crippen molar-refractivity contribution in [1.29, 1.82) is 0 Å². The van der Waals surface area contributed by atoms with E-state index < -0.39 is 18.2 Å². The number of benzene rings is 2. The summed E-state index contributed by atoms with van der Waals surface area (Å²) in [4.78, 5) is 23.9. The number of ether oxygens (including phenoxy) is 2. The lowest BCUT2D eigenvalue weighted by Gasteiger charge is -2.27. The molecule has 1 heterocycles. The largest absolute Gasteiger partial charge is 0.490 e. The maximum absolute atomic E-state index is 12.6. The monoisotopic (exact) mass is 498 g/mol. The van der Waals surface area contributed by atoms with E-state index in [0.717, 1.165) is 12.8 Å². The van der Waals surface area contributed by atoms with E-state index in [1.54, 1.807) is 50.2 Å². The molecule has 4 rings (SSSR count). The highest BCUT2D eigenvalue weighted by Gasteiger charge is 2.28. The van der Waals surface area contributed by atoms with Gasteiger partial charge in [-0.3, -0.25) is 10.1 Å². The number of rotatable bonds is 7. The number of hydrogen-bond acceptors (Lipinski definition) is 6. The molecule has 0 saturated heterocycles. The third-order valence-corrected chi connectivity index (χ3v) is 6.46. The number of anilines is 1. The summed E-state index contributed by atoms with van der Waals surface area (Å²) >= 11 is 6.20. The number of carboxylic acid groups (broad SMARTS) is 1. The molecule has 1 saturated carbocycles. The van der Waals surface area contributed by atoms with Crippen molar-refractivity contribution in [1.82, 2.24) is 5.16 Å². The van der Waals surface area contributed by atoms with Crippen LogP contribution in [0.4, 0.5) is 10.5 Å². The summed E-state index contributed by atoms with van der Waals surface area (Å²) in [5.74, 6) is -0.100. The Labute approximate surface area is 208 Å². The van der Waals surface area contributed by atoms with Crippen LogP contribution in [0, 0.1) is 12.8 Å². The molecule has 0 aliphatic heterocycles. The fourth-order valence-electron chi connectivity index (χ4n) is 4.23. The minimum atomic E-state index is -0.769. The molecular formula is C26H27ClN2O6. The summed E-state index contributed by atoms with van der Waals surface area (Å²) in [6.07, 6.45) is 1.51. The van der Waals surface area contributed by atoms with Crippen molar-refractivity contribution in [3.63, 3.8) is 0 Å². The van der Waals surface area contributed by atoms with Crippen LogP contribution in [-0.4, -0.2) is 28.4 Å². The quantitative estimate of drug-likeness (QED) is 0.375. The normalized spacial score (nSPS) is 18.5. The summed E-state index contributed by atoms with van der Waals surface area (Å²) in [5.41, 5.74) is 2.31. The number of aryl methyl sites for hydroxylation is 1. The molecule has 0 bridgehead atoms. The average molecular weight is 499 g/mol. The van der Waals surface area contributed by atoms with Crippen molar-refractivity contribution in [3.8, 4) is 17.1 Å². The lowest BCUT2D eigenvalue weighted by Crippen LogP contribution is -2.29.